The molecule has 134 valence electrons. The van der Waals surface area contributed by atoms with Gasteiger partial charge in [0.1, 0.15) is 12.4 Å². The number of hydrogen-bond donors (Lipinski definition) is 0. The number of non-ortho nitro benzene ring substituents is 1. The molecule has 2 rings (SSSR count). The van der Waals surface area contributed by atoms with Gasteiger partial charge in [-0.3, -0.25) is 10.1 Å². The van der Waals surface area contributed by atoms with E-state index < -0.39 is 11.1 Å². The van der Waals surface area contributed by atoms with E-state index in [0.29, 0.717) is 0 Å². The summed E-state index contributed by atoms with van der Waals surface area (Å²) in [6.07, 6.45) is 6.54. The predicted molar refractivity (Wildman–Crippen MR) is 93.9 cm³/mol. The number of nitro benzene ring substituents is 1. The van der Waals surface area contributed by atoms with Crippen LogP contribution in [0, 0.1) is 10.1 Å². The Morgan fingerprint density at radius 2 is 2.00 bits per heavy atom. The number of benzene rings is 1. The molecule has 0 radical (unpaired) electrons. The van der Waals surface area contributed by atoms with Crippen LogP contribution in [0.2, 0.25) is 0 Å². The van der Waals surface area contributed by atoms with E-state index in [0.717, 1.165) is 22.7 Å². The van der Waals surface area contributed by atoms with Crippen LogP contribution >= 0.6 is 11.3 Å². The van der Waals surface area contributed by atoms with E-state index in [2.05, 4.69) is 11.9 Å². The Bertz CT molecular complexity index is 699. The molecule has 0 aliphatic heterocycles. The zero-order chi connectivity index (χ0) is 18.1. The third-order valence-electron chi connectivity index (χ3n) is 3.43. The smallest absolute Gasteiger partial charge is 0.428 e. The second-order valence-corrected chi connectivity index (χ2v) is 6.62. The highest BCUT2D eigenvalue weighted by Crippen LogP contribution is 2.19. The Hall–Kier alpha value is -2.48. The predicted octanol–water partition coefficient (Wildman–Crippen LogP) is 4.89. The Balaban J connectivity index is 1.74. The number of carbonyl (C=O) groups excluding carboxylic acids is 1. The van der Waals surface area contributed by atoms with Crippen molar-refractivity contribution in [2.75, 3.05) is 0 Å². The molecule has 7 nitrogen and oxygen atoms in total. The molecule has 0 N–H and O–H groups in total. The van der Waals surface area contributed by atoms with Gasteiger partial charge in [-0.15, -0.1) is 11.3 Å². The Kier molecular flexibility index (Phi) is 7.34. The molecule has 0 bridgehead atoms. The molecule has 8 heteroatoms. The monoisotopic (exact) mass is 364 g/mol. The van der Waals surface area contributed by atoms with Crippen LogP contribution in [0.15, 0.2) is 30.5 Å². The summed E-state index contributed by atoms with van der Waals surface area (Å²) in [4.78, 5) is 26.9. The van der Waals surface area contributed by atoms with Gasteiger partial charge in [0.05, 0.1) is 14.8 Å². The number of nitro groups is 1. The van der Waals surface area contributed by atoms with Crippen LogP contribution in [0.5, 0.6) is 5.75 Å². The van der Waals surface area contributed by atoms with Crippen LogP contribution in [-0.4, -0.2) is 16.1 Å². The van der Waals surface area contributed by atoms with E-state index in [1.807, 2.05) is 0 Å². The van der Waals surface area contributed by atoms with Crippen LogP contribution in [0.4, 0.5) is 10.5 Å². The molecule has 2 aromatic rings. The maximum atomic E-state index is 11.7. The molecule has 0 aliphatic rings. The van der Waals surface area contributed by atoms with E-state index >= 15 is 0 Å². The second kappa shape index (κ2) is 9.73. The van der Waals surface area contributed by atoms with Crippen molar-refractivity contribution >= 4 is 23.2 Å². The van der Waals surface area contributed by atoms with Crippen molar-refractivity contribution in [3.63, 3.8) is 0 Å². The lowest BCUT2D eigenvalue weighted by atomic mass is 10.2. The number of carbonyl (C=O) groups is 1. The summed E-state index contributed by atoms with van der Waals surface area (Å²) >= 11 is 1.53. The van der Waals surface area contributed by atoms with E-state index in [9.17, 15) is 14.9 Å². The normalized spacial score (nSPS) is 10.4. The van der Waals surface area contributed by atoms with Gasteiger partial charge in [0.25, 0.3) is 5.69 Å². The fourth-order valence-corrected chi connectivity index (χ4v) is 3.00. The van der Waals surface area contributed by atoms with E-state index in [4.69, 9.17) is 9.47 Å². The largest absolute Gasteiger partial charge is 0.514 e. The van der Waals surface area contributed by atoms with Gasteiger partial charge in [-0.1, -0.05) is 26.2 Å². The summed E-state index contributed by atoms with van der Waals surface area (Å²) in [7, 11) is 0. The standard InChI is InChI=1S/C17H20N2O5S/c1-2-3-4-5-6-16-18-11-15(25-16)12-23-17(20)24-14-9-7-13(8-10-14)19(21)22/h7-11H,2-6,12H2,1H3. The number of aromatic nitrogens is 1. The number of thiazole rings is 1. The van der Waals surface area contributed by atoms with Crippen molar-refractivity contribution in [1.29, 1.82) is 0 Å². The summed E-state index contributed by atoms with van der Waals surface area (Å²) in [6.45, 7) is 2.27. The fraction of sp³-hybridized carbons (Fsp3) is 0.412. The number of nitrogens with zero attached hydrogens (tertiary/aromatic N) is 2. The zero-order valence-corrected chi connectivity index (χ0v) is 14.8. The molecule has 1 heterocycles. The first-order chi connectivity index (χ1) is 12.1. The molecule has 0 aliphatic carbocycles. The molecule has 0 saturated heterocycles. The summed E-state index contributed by atoms with van der Waals surface area (Å²) in [5.41, 5.74) is -0.0724. The Morgan fingerprint density at radius 1 is 1.24 bits per heavy atom. The number of rotatable bonds is 9. The van der Waals surface area contributed by atoms with Crippen LogP contribution in [0.25, 0.3) is 0 Å². The highest BCUT2D eigenvalue weighted by atomic mass is 32.1. The zero-order valence-electron chi connectivity index (χ0n) is 14.0. The topological polar surface area (TPSA) is 91.6 Å². The molecule has 0 fully saturated rings. The highest BCUT2D eigenvalue weighted by molar-refractivity contribution is 7.11. The minimum Gasteiger partial charge on any atom is -0.428 e. The van der Waals surface area contributed by atoms with Crippen molar-refractivity contribution in [2.45, 2.75) is 45.6 Å². The highest BCUT2D eigenvalue weighted by Gasteiger charge is 2.10. The van der Waals surface area contributed by atoms with Gasteiger partial charge in [-0.05, 0) is 25.0 Å². The van der Waals surface area contributed by atoms with E-state index in [1.165, 1.54) is 54.9 Å². The fourth-order valence-electron chi connectivity index (χ4n) is 2.12. The number of ether oxygens (including phenoxy) is 2. The van der Waals surface area contributed by atoms with Gasteiger partial charge in [0.2, 0.25) is 0 Å². The van der Waals surface area contributed by atoms with Crippen LogP contribution in [0.3, 0.4) is 0 Å². The molecule has 0 amide bonds. The molecule has 1 aromatic carbocycles. The molecule has 0 saturated carbocycles. The summed E-state index contributed by atoms with van der Waals surface area (Å²) < 4.78 is 10.0. The van der Waals surface area contributed by atoms with Crippen molar-refractivity contribution in [3.05, 3.63) is 50.5 Å². The average Bonchev–Trinajstić information content (AvgIpc) is 3.05. The van der Waals surface area contributed by atoms with E-state index in [1.54, 1.807) is 6.20 Å². The summed E-state index contributed by atoms with van der Waals surface area (Å²) in [6, 6.07) is 5.22. The summed E-state index contributed by atoms with van der Waals surface area (Å²) in [5.74, 6) is 0.191. The quantitative estimate of drug-likeness (QED) is 0.207. The minimum atomic E-state index is -0.855. The number of unbranched alkanes of at least 4 members (excludes halogenated alkanes) is 3. The van der Waals surface area contributed by atoms with Gasteiger partial charge in [0.15, 0.2) is 0 Å². The molecule has 25 heavy (non-hydrogen) atoms. The maximum Gasteiger partial charge on any atom is 0.514 e. The Labute approximate surface area is 149 Å². The minimum absolute atomic E-state index is 0.0724. The van der Waals surface area contributed by atoms with Gasteiger partial charge >= 0.3 is 6.16 Å². The van der Waals surface area contributed by atoms with Gasteiger partial charge in [-0.25, -0.2) is 9.78 Å². The van der Waals surface area contributed by atoms with Crippen LogP contribution < -0.4 is 4.74 Å². The van der Waals surface area contributed by atoms with Crippen LogP contribution in [0.1, 0.15) is 42.5 Å². The van der Waals surface area contributed by atoms with E-state index in [-0.39, 0.29) is 18.0 Å². The molecule has 0 atom stereocenters. The third-order valence-corrected chi connectivity index (χ3v) is 4.46. The average molecular weight is 364 g/mol. The SMILES string of the molecule is CCCCCCc1ncc(COC(=O)Oc2ccc([N+](=O)[O-])cc2)s1. The first-order valence-electron chi connectivity index (χ1n) is 8.11. The van der Waals surface area contributed by atoms with Crippen molar-refractivity contribution in [2.24, 2.45) is 0 Å². The molecule has 0 spiro atoms. The number of aryl methyl sites for hydroxylation is 1. The van der Waals surface area contributed by atoms with Crippen molar-refractivity contribution in [3.8, 4) is 5.75 Å². The Morgan fingerprint density at radius 3 is 2.68 bits per heavy atom. The lowest BCUT2D eigenvalue weighted by Gasteiger charge is -2.04. The molecular weight excluding hydrogens is 344 g/mol. The first-order valence-corrected chi connectivity index (χ1v) is 8.92. The van der Waals surface area contributed by atoms with Crippen molar-refractivity contribution in [1.82, 2.24) is 4.98 Å². The molecule has 1 aromatic heterocycles. The lowest BCUT2D eigenvalue weighted by molar-refractivity contribution is -0.384. The van der Waals surface area contributed by atoms with Gasteiger partial charge in [0, 0.05) is 18.3 Å². The molecule has 0 unspecified atom stereocenters. The lowest BCUT2D eigenvalue weighted by Crippen LogP contribution is -2.09. The maximum absolute atomic E-state index is 11.7. The molecular formula is C17H20N2O5S. The summed E-state index contributed by atoms with van der Waals surface area (Å²) in [5, 5.41) is 11.6. The first kappa shape index (κ1) is 18.9. The number of hydrogen-bond acceptors (Lipinski definition) is 7. The van der Waals surface area contributed by atoms with Gasteiger partial charge < -0.3 is 9.47 Å². The third kappa shape index (κ3) is 6.50. The van der Waals surface area contributed by atoms with Gasteiger partial charge in [-0.2, -0.15) is 0 Å². The van der Waals surface area contributed by atoms with Crippen LogP contribution in [-0.2, 0) is 17.8 Å². The second-order valence-electron chi connectivity index (χ2n) is 5.42. The van der Waals surface area contributed by atoms with Crippen molar-refractivity contribution < 1.29 is 19.2 Å².